The maximum Gasteiger partial charge on any atom is 0.274 e. The average molecular weight is 409 g/mol. The molecule has 0 spiro atoms. The number of rotatable bonds is 7. The molecule has 0 aliphatic carbocycles. The molecular formula is C22H28N6O2. The third kappa shape index (κ3) is 4.34. The van der Waals surface area contributed by atoms with Gasteiger partial charge in [0.25, 0.3) is 5.91 Å². The van der Waals surface area contributed by atoms with E-state index in [1.54, 1.807) is 18.7 Å². The normalized spacial score (nSPS) is 16.6. The molecule has 158 valence electrons. The molecule has 8 nitrogen and oxygen atoms in total. The number of hydrogen-bond donors (Lipinski definition) is 2. The van der Waals surface area contributed by atoms with Crippen molar-refractivity contribution in [1.82, 2.24) is 29.6 Å². The Balaban J connectivity index is 1.46. The van der Waals surface area contributed by atoms with Crippen molar-refractivity contribution in [3.05, 3.63) is 60.1 Å². The topological polar surface area (TPSA) is 95.6 Å². The van der Waals surface area contributed by atoms with Crippen LogP contribution in [0.3, 0.4) is 0 Å². The van der Waals surface area contributed by atoms with Crippen molar-refractivity contribution in [1.29, 1.82) is 0 Å². The predicted octanol–water partition coefficient (Wildman–Crippen LogP) is 2.00. The minimum absolute atomic E-state index is 0.0929. The lowest BCUT2D eigenvalue weighted by Crippen LogP contribution is -2.37. The molecule has 30 heavy (non-hydrogen) atoms. The molecule has 4 rings (SSSR count). The fourth-order valence-electron chi connectivity index (χ4n) is 4.08. The minimum Gasteiger partial charge on any atom is -0.394 e. The molecule has 1 aliphatic heterocycles. The Morgan fingerprint density at radius 3 is 2.80 bits per heavy atom. The van der Waals surface area contributed by atoms with Crippen LogP contribution in [0.25, 0.3) is 5.65 Å². The van der Waals surface area contributed by atoms with E-state index in [-0.39, 0.29) is 18.6 Å². The van der Waals surface area contributed by atoms with Crippen LogP contribution in [0.5, 0.6) is 0 Å². The first-order valence-corrected chi connectivity index (χ1v) is 10.5. The summed E-state index contributed by atoms with van der Waals surface area (Å²) in [5, 5.41) is 12.2. The third-order valence-corrected chi connectivity index (χ3v) is 5.86. The van der Waals surface area contributed by atoms with Gasteiger partial charge in [0, 0.05) is 36.7 Å². The molecular weight excluding hydrogens is 380 g/mol. The van der Waals surface area contributed by atoms with Crippen LogP contribution in [0.4, 0.5) is 0 Å². The average Bonchev–Trinajstić information content (AvgIpc) is 3.23. The first-order valence-electron chi connectivity index (χ1n) is 10.5. The van der Waals surface area contributed by atoms with Gasteiger partial charge in [0.15, 0.2) is 11.3 Å². The smallest absolute Gasteiger partial charge is 0.274 e. The predicted molar refractivity (Wildman–Crippen MR) is 113 cm³/mol. The zero-order valence-electron chi connectivity index (χ0n) is 17.2. The molecule has 3 aromatic rings. The number of aromatic nitrogens is 4. The SMILES string of the molecule is CC[C@H](CO)NC(=O)c1ncn2c(C3CCN(Cc4cccnc4)CC3)ccnc12. The summed E-state index contributed by atoms with van der Waals surface area (Å²) in [4.78, 5) is 28.0. The minimum atomic E-state index is -0.297. The Labute approximate surface area is 176 Å². The van der Waals surface area contributed by atoms with Crippen LogP contribution >= 0.6 is 0 Å². The van der Waals surface area contributed by atoms with Gasteiger partial charge in [-0.15, -0.1) is 0 Å². The van der Waals surface area contributed by atoms with Gasteiger partial charge in [-0.1, -0.05) is 13.0 Å². The lowest BCUT2D eigenvalue weighted by atomic mass is 9.93. The number of amides is 1. The molecule has 0 unspecified atom stereocenters. The van der Waals surface area contributed by atoms with Gasteiger partial charge < -0.3 is 10.4 Å². The number of aliphatic hydroxyl groups is 1. The maximum atomic E-state index is 12.6. The van der Waals surface area contributed by atoms with Gasteiger partial charge >= 0.3 is 0 Å². The van der Waals surface area contributed by atoms with Gasteiger partial charge in [0.05, 0.1) is 12.6 Å². The van der Waals surface area contributed by atoms with Gasteiger partial charge in [-0.05, 0) is 50.0 Å². The van der Waals surface area contributed by atoms with E-state index in [2.05, 4.69) is 31.2 Å². The number of likely N-dealkylation sites (tertiary alicyclic amines) is 1. The molecule has 1 atom stereocenters. The molecule has 2 N–H and O–H groups in total. The molecule has 3 aromatic heterocycles. The summed E-state index contributed by atoms with van der Waals surface area (Å²) in [7, 11) is 0. The number of hydrogen-bond acceptors (Lipinski definition) is 6. The van der Waals surface area contributed by atoms with E-state index in [0.29, 0.717) is 23.7 Å². The summed E-state index contributed by atoms with van der Waals surface area (Å²) < 4.78 is 1.94. The molecule has 0 radical (unpaired) electrons. The van der Waals surface area contributed by atoms with Gasteiger partial charge in [-0.25, -0.2) is 9.97 Å². The number of nitrogens with zero attached hydrogens (tertiary/aromatic N) is 5. The van der Waals surface area contributed by atoms with Gasteiger partial charge in [0.1, 0.15) is 6.33 Å². The van der Waals surface area contributed by atoms with E-state index in [4.69, 9.17) is 0 Å². The van der Waals surface area contributed by atoms with Crippen molar-refractivity contribution in [3.8, 4) is 0 Å². The van der Waals surface area contributed by atoms with Crippen molar-refractivity contribution >= 4 is 11.6 Å². The number of aliphatic hydroxyl groups excluding tert-OH is 1. The maximum absolute atomic E-state index is 12.6. The summed E-state index contributed by atoms with van der Waals surface area (Å²) in [6.45, 7) is 4.78. The van der Waals surface area contributed by atoms with Crippen molar-refractivity contribution in [3.63, 3.8) is 0 Å². The van der Waals surface area contributed by atoms with Crippen molar-refractivity contribution in [2.24, 2.45) is 0 Å². The number of piperidine rings is 1. The number of nitrogens with one attached hydrogen (secondary N) is 1. The summed E-state index contributed by atoms with van der Waals surface area (Å²) in [6.07, 6.45) is 9.92. The fourth-order valence-corrected chi connectivity index (χ4v) is 4.08. The molecule has 0 bridgehead atoms. The largest absolute Gasteiger partial charge is 0.394 e. The van der Waals surface area contributed by atoms with Crippen LogP contribution in [-0.4, -0.2) is 61.0 Å². The van der Waals surface area contributed by atoms with E-state index >= 15 is 0 Å². The molecule has 8 heteroatoms. The van der Waals surface area contributed by atoms with E-state index < -0.39 is 0 Å². The zero-order chi connectivity index (χ0) is 20.9. The lowest BCUT2D eigenvalue weighted by molar-refractivity contribution is 0.0912. The second kappa shape index (κ2) is 9.32. The number of carbonyl (C=O) groups is 1. The van der Waals surface area contributed by atoms with Crippen molar-refractivity contribution < 1.29 is 9.90 Å². The zero-order valence-corrected chi connectivity index (χ0v) is 17.2. The number of pyridine rings is 1. The molecule has 4 heterocycles. The Kier molecular flexibility index (Phi) is 6.35. The molecule has 0 aromatic carbocycles. The van der Waals surface area contributed by atoms with Crippen molar-refractivity contribution in [2.75, 3.05) is 19.7 Å². The van der Waals surface area contributed by atoms with Crippen LogP contribution < -0.4 is 5.32 Å². The quantitative estimate of drug-likeness (QED) is 0.621. The van der Waals surface area contributed by atoms with Crippen molar-refractivity contribution in [2.45, 2.75) is 44.7 Å². The number of fused-ring (bicyclic) bond motifs is 1. The Bertz CT molecular complexity index is 978. The number of carbonyl (C=O) groups excluding carboxylic acids is 1. The van der Waals surface area contributed by atoms with E-state index in [1.807, 2.05) is 29.7 Å². The molecule has 1 aliphatic rings. The highest BCUT2D eigenvalue weighted by Gasteiger charge is 2.25. The van der Waals surface area contributed by atoms with Crippen LogP contribution in [0.2, 0.25) is 0 Å². The molecule has 1 fully saturated rings. The first-order chi connectivity index (χ1) is 14.7. The van der Waals surface area contributed by atoms with Gasteiger partial charge in [-0.3, -0.25) is 19.1 Å². The van der Waals surface area contributed by atoms with E-state index in [1.165, 1.54) is 5.56 Å². The monoisotopic (exact) mass is 408 g/mol. The highest BCUT2D eigenvalue weighted by molar-refractivity contribution is 5.98. The van der Waals surface area contributed by atoms with E-state index in [9.17, 15) is 9.90 Å². The molecule has 1 saturated heterocycles. The van der Waals surface area contributed by atoms with Crippen LogP contribution in [0.1, 0.15) is 53.8 Å². The van der Waals surface area contributed by atoms with Crippen LogP contribution in [-0.2, 0) is 6.54 Å². The Morgan fingerprint density at radius 2 is 2.10 bits per heavy atom. The Morgan fingerprint density at radius 1 is 1.27 bits per heavy atom. The second-order valence-corrected chi connectivity index (χ2v) is 7.83. The van der Waals surface area contributed by atoms with E-state index in [0.717, 1.165) is 38.2 Å². The fraction of sp³-hybridized carbons (Fsp3) is 0.455. The summed E-state index contributed by atoms with van der Waals surface area (Å²) in [5.41, 5.74) is 3.25. The van der Waals surface area contributed by atoms with Crippen LogP contribution in [0.15, 0.2) is 43.1 Å². The second-order valence-electron chi connectivity index (χ2n) is 7.83. The first kappa shape index (κ1) is 20.4. The van der Waals surface area contributed by atoms with Gasteiger partial charge in [0.2, 0.25) is 0 Å². The highest BCUT2D eigenvalue weighted by Crippen LogP contribution is 2.29. The Hall–Kier alpha value is -2.84. The summed E-state index contributed by atoms with van der Waals surface area (Å²) in [5.74, 6) is 0.0981. The van der Waals surface area contributed by atoms with Crippen LogP contribution in [0, 0.1) is 0 Å². The molecule has 0 saturated carbocycles. The number of imidazole rings is 1. The molecule has 1 amide bonds. The summed E-state index contributed by atoms with van der Waals surface area (Å²) >= 11 is 0. The summed E-state index contributed by atoms with van der Waals surface area (Å²) in [6, 6.07) is 5.84. The lowest BCUT2D eigenvalue weighted by Gasteiger charge is -2.32. The van der Waals surface area contributed by atoms with Gasteiger partial charge in [-0.2, -0.15) is 0 Å². The highest BCUT2D eigenvalue weighted by atomic mass is 16.3. The standard InChI is InChI=1S/C22H28N6O2/c1-2-18(14-29)26-22(30)20-21-24-9-5-19(28(21)15-25-20)17-6-10-27(11-7-17)13-16-4-3-8-23-12-16/h3-5,8-9,12,15,17-18,29H,2,6-7,10-11,13-14H2,1H3,(H,26,30)/t18-/m1/s1. The third-order valence-electron chi connectivity index (χ3n) is 5.86.